The van der Waals surface area contributed by atoms with Crippen LogP contribution < -0.4 is 0 Å². The van der Waals surface area contributed by atoms with Gasteiger partial charge in [-0.2, -0.15) is 11.8 Å². The van der Waals surface area contributed by atoms with Crippen molar-refractivity contribution >= 4 is 11.8 Å². The van der Waals surface area contributed by atoms with E-state index >= 15 is 0 Å². The smallest absolute Gasteiger partial charge is 0.119 e. The van der Waals surface area contributed by atoms with Crippen molar-refractivity contribution in [2.24, 2.45) is 0 Å². The molecule has 0 atom stereocenters. The number of nitrogens with zero attached hydrogens (tertiary/aromatic N) is 2. The van der Waals surface area contributed by atoms with Crippen LogP contribution in [-0.2, 0) is 5.75 Å². The molecule has 3 heteroatoms. The maximum atomic E-state index is 4.45. The number of hydrogen-bond acceptors (Lipinski definition) is 2. The molecule has 0 aliphatic heterocycles. The van der Waals surface area contributed by atoms with Crippen LogP contribution in [-0.4, -0.2) is 14.8 Å². The maximum Gasteiger partial charge on any atom is 0.119 e. The molecule has 1 heterocycles. The van der Waals surface area contributed by atoms with Crippen LogP contribution >= 0.6 is 11.8 Å². The van der Waals surface area contributed by atoms with Crippen LogP contribution in [0, 0.1) is 6.92 Å². The van der Waals surface area contributed by atoms with Gasteiger partial charge in [-0.05, 0) is 26.0 Å². The fraction of sp³-hybridized carbons (Fsp3) is 0.727. The van der Waals surface area contributed by atoms with E-state index in [1.54, 1.807) is 0 Å². The summed E-state index contributed by atoms with van der Waals surface area (Å²) < 4.78 is 2.31. The molecule has 14 heavy (non-hydrogen) atoms. The van der Waals surface area contributed by atoms with E-state index < -0.39 is 0 Å². The molecule has 0 saturated carbocycles. The van der Waals surface area contributed by atoms with Crippen LogP contribution in [0.1, 0.15) is 45.3 Å². The van der Waals surface area contributed by atoms with Crippen molar-refractivity contribution in [1.82, 2.24) is 9.55 Å². The van der Waals surface area contributed by atoms with Crippen molar-refractivity contribution in [2.75, 3.05) is 0 Å². The molecule has 0 saturated heterocycles. The van der Waals surface area contributed by atoms with E-state index in [0.717, 1.165) is 5.75 Å². The lowest BCUT2D eigenvalue weighted by Crippen LogP contribution is -2.07. The highest BCUT2D eigenvalue weighted by Crippen LogP contribution is 2.20. The number of hydrogen-bond donors (Lipinski definition) is 0. The lowest BCUT2D eigenvalue weighted by atomic mass is 10.3. The zero-order valence-corrected chi connectivity index (χ0v) is 10.6. The van der Waals surface area contributed by atoms with Gasteiger partial charge in [0, 0.05) is 17.9 Å². The molecular weight excluding hydrogens is 192 g/mol. The molecule has 1 aromatic rings. The van der Waals surface area contributed by atoms with Crippen molar-refractivity contribution in [3.63, 3.8) is 0 Å². The summed E-state index contributed by atoms with van der Waals surface area (Å²) in [7, 11) is 0. The van der Waals surface area contributed by atoms with Crippen molar-refractivity contribution in [3.05, 3.63) is 17.7 Å². The minimum absolute atomic E-state index is 0.514. The van der Waals surface area contributed by atoms with E-state index in [4.69, 9.17) is 0 Å². The first-order valence-electron chi connectivity index (χ1n) is 5.16. The van der Waals surface area contributed by atoms with Crippen molar-refractivity contribution < 1.29 is 0 Å². The maximum absolute atomic E-state index is 4.45. The Labute approximate surface area is 91.1 Å². The molecule has 1 rings (SSSR count). The zero-order valence-electron chi connectivity index (χ0n) is 9.74. The Hall–Kier alpha value is -0.440. The fourth-order valence-corrected chi connectivity index (χ4v) is 2.25. The summed E-state index contributed by atoms with van der Waals surface area (Å²) in [6, 6.07) is 0.514. The highest BCUT2D eigenvalue weighted by Gasteiger charge is 2.10. The molecule has 1 aromatic heterocycles. The van der Waals surface area contributed by atoms with Crippen LogP contribution in [0.25, 0.3) is 0 Å². The molecular formula is C11H20N2S. The SMILES string of the molecule is Cc1cnc(CSC(C)C)n1C(C)C. The largest absolute Gasteiger partial charge is 0.329 e. The first-order chi connectivity index (χ1) is 6.52. The Kier molecular flexibility index (Phi) is 4.05. The van der Waals surface area contributed by atoms with Crippen LogP contribution in [0.3, 0.4) is 0 Å². The lowest BCUT2D eigenvalue weighted by molar-refractivity contribution is 0.567. The number of aromatic nitrogens is 2. The summed E-state index contributed by atoms with van der Waals surface area (Å²) in [6.07, 6.45) is 1.97. The summed E-state index contributed by atoms with van der Waals surface area (Å²) >= 11 is 1.95. The zero-order chi connectivity index (χ0) is 10.7. The molecule has 0 amide bonds. The standard InChI is InChI=1S/C11H20N2S/c1-8(2)13-10(5)6-12-11(13)7-14-9(3)4/h6,8-9H,7H2,1-5H3. The van der Waals surface area contributed by atoms with E-state index in [0.29, 0.717) is 11.3 Å². The average Bonchev–Trinajstić information content (AvgIpc) is 2.43. The second-order valence-corrected chi connectivity index (χ2v) is 5.70. The highest BCUT2D eigenvalue weighted by molar-refractivity contribution is 7.99. The summed E-state index contributed by atoms with van der Waals surface area (Å²) in [5, 5.41) is 0.674. The van der Waals surface area contributed by atoms with E-state index in [1.165, 1.54) is 11.5 Å². The number of aryl methyl sites for hydroxylation is 1. The van der Waals surface area contributed by atoms with Crippen LogP contribution in [0.15, 0.2) is 6.20 Å². The highest BCUT2D eigenvalue weighted by atomic mass is 32.2. The first-order valence-corrected chi connectivity index (χ1v) is 6.21. The molecule has 0 unspecified atom stereocenters. The molecule has 0 aromatic carbocycles. The topological polar surface area (TPSA) is 17.8 Å². The van der Waals surface area contributed by atoms with E-state index in [1.807, 2.05) is 18.0 Å². The number of rotatable bonds is 4. The molecule has 0 aliphatic rings. The number of thioether (sulfide) groups is 1. The first kappa shape index (κ1) is 11.6. The molecule has 80 valence electrons. The number of imidazole rings is 1. The van der Waals surface area contributed by atoms with Crippen molar-refractivity contribution in [2.45, 2.75) is 51.7 Å². The summed E-state index contributed by atoms with van der Waals surface area (Å²) in [5.74, 6) is 2.22. The minimum Gasteiger partial charge on any atom is -0.329 e. The third kappa shape index (κ3) is 2.77. The van der Waals surface area contributed by atoms with Crippen molar-refractivity contribution in [3.8, 4) is 0 Å². The monoisotopic (exact) mass is 212 g/mol. The normalized spacial score (nSPS) is 11.6. The van der Waals surface area contributed by atoms with Gasteiger partial charge in [-0.25, -0.2) is 4.98 Å². The van der Waals surface area contributed by atoms with Crippen molar-refractivity contribution in [1.29, 1.82) is 0 Å². The van der Waals surface area contributed by atoms with Gasteiger partial charge in [0.1, 0.15) is 5.82 Å². The third-order valence-electron chi connectivity index (χ3n) is 2.12. The molecule has 0 aliphatic carbocycles. The van der Waals surface area contributed by atoms with Gasteiger partial charge >= 0.3 is 0 Å². The summed E-state index contributed by atoms with van der Waals surface area (Å²) in [5.41, 5.74) is 1.26. The minimum atomic E-state index is 0.514. The van der Waals surface area contributed by atoms with Gasteiger partial charge in [0.05, 0.1) is 5.75 Å². The van der Waals surface area contributed by atoms with Gasteiger partial charge in [0.15, 0.2) is 0 Å². The Morgan fingerprint density at radius 2 is 2.00 bits per heavy atom. The van der Waals surface area contributed by atoms with Gasteiger partial charge in [-0.3, -0.25) is 0 Å². The Balaban J connectivity index is 2.76. The lowest BCUT2D eigenvalue weighted by Gasteiger charge is -2.14. The summed E-state index contributed by atoms with van der Waals surface area (Å²) in [4.78, 5) is 4.45. The van der Waals surface area contributed by atoms with Gasteiger partial charge in [-0.15, -0.1) is 0 Å². The Bertz CT molecular complexity index is 289. The molecule has 0 radical (unpaired) electrons. The van der Waals surface area contributed by atoms with E-state index in [9.17, 15) is 0 Å². The molecule has 2 nitrogen and oxygen atoms in total. The second kappa shape index (κ2) is 4.87. The van der Waals surface area contributed by atoms with E-state index in [2.05, 4.69) is 44.2 Å². The van der Waals surface area contributed by atoms with Gasteiger partial charge in [0.25, 0.3) is 0 Å². The summed E-state index contributed by atoms with van der Waals surface area (Å²) in [6.45, 7) is 11.0. The predicted molar refractivity (Wildman–Crippen MR) is 63.8 cm³/mol. The molecule has 0 N–H and O–H groups in total. The average molecular weight is 212 g/mol. The fourth-order valence-electron chi connectivity index (χ4n) is 1.55. The quantitative estimate of drug-likeness (QED) is 0.761. The molecule has 0 spiro atoms. The van der Waals surface area contributed by atoms with Gasteiger partial charge in [-0.1, -0.05) is 13.8 Å². The Morgan fingerprint density at radius 3 is 2.50 bits per heavy atom. The van der Waals surface area contributed by atoms with Gasteiger partial charge < -0.3 is 4.57 Å². The second-order valence-electron chi connectivity index (χ2n) is 4.14. The van der Waals surface area contributed by atoms with E-state index in [-0.39, 0.29) is 0 Å². The van der Waals surface area contributed by atoms with Crippen LogP contribution in [0.2, 0.25) is 0 Å². The molecule has 0 bridgehead atoms. The molecule has 0 fully saturated rings. The third-order valence-corrected chi connectivity index (χ3v) is 3.21. The van der Waals surface area contributed by atoms with Crippen LogP contribution in [0.5, 0.6) is 0 Å². The van der Waals surface area contributed by atoms with Crippen LogP contribution in [0.4, 0.5) is 0 Å². The van der Waals surface area contributed by atoms with Gasteiger partial charge in [0.2, 0.25) is 0 Å². The Morgan fingerprint density at radius 1 is 1.36 bits per heavy atom. The predicted octanol–water partition coefficient (Wildman–Crippen LogP) is 3.41.